The number of benzene rings is 1. The molecule has 1 aliphatic heterocycles. The largest absolute Gasteiger partial charge is 0.330 e. The van der Waals surface area contributed by atoms with Gasteiger partial charge in [-0.2, -0.15) is 0 Å². The standard InChI is InChI=1S/C19H16FNOS2/c20-14-5-3-13(4-6-14)12-18(22)21-9-7-16-15(8-11-24-16)19(21)17-2-1-10-23-17/h1-6,8,10-11,19H,7,9,12H2. The highest BCUT2D eigenvalue weighted by atomic mass is 32.1. The lowest BCUT2D eigenvalue weighted by molar-refractivity contribution is -0.132. The second kappa shape index (κ2) is 6.49. The third-order valence-electron chi connectivity index (χ3n) is 4.37. The van der Waals surface area contributed by atoms with Crippen molar-refractivity contribution in [1.29, 1.82) is 0 Å². The molecule has 1 atom stereocenters. The third kappa shape index (κ3) is 2.89. The Labute approximate surface area is 148 Å². The lowest BCUT2D eigenvalue weighted by Crippen LogP contribution is -2.40. The Hall–Kier alpha value is -1.98. The van der Waals surface area contributed by atoms with Crippen LogP contribution in [0.1, 0.15) is 26.9 Å². The van der Waals surface area contributed by atoms with Crippen LogP contribution in [0.3, 0.4) is 0 Å². The molecule has 0 bridgehead atoms. The first-order valence-corrected chi connectivity index (χ1v) is 9.62. The van der Waals surface area contributed by atoms with Crippen LogP contribution in [0.25, 0.3) is 0 Å². The van der Waals surface area contributed by atoms with E-state index in [4.69, 9.17) is 0 Å². The first-order chi connectivity index (χ1) is 11.7. The molecule has 1 amide bonds. The quantitative estimate of drug-likeness (QED) is 0.667. The van der Waals surface area contributed by atoms with Gasteiger partial charge < -0.3 is 4.90 Å². The zero-order valence-electron chi connectivity index (χ0n) is 12.9. The maximum Gasteiger partial charge on any atom is 0.227 e. The van der Waals surface area contributed by atoms with E-state index in [1.807, 2.05) is 11.0 Å². The molecule has 1 unspecified atom stereocenters. The minimum Gasteiger partial charge on any atom is -0.330 e. The molecule has 1 aliphatic rings. The van der Waals surface area contributed by atoms with Crippen LogP contribution in [0.4, 0.5) is 4.39 Å². The highest BCUT2D eigenvalue weighted by molar-refractivity contribution is 7.10. The molecule has 0 aliphatic carbocycles. The normalized spacial score (nSPS) is 16.9. The van der Waals surface area contributed by atoms with Crippen molar-refractivity contribution in [3.63, 3.8) is 0 Å². The van der Waals surface area contributed by atoms with Crippen molar-refractivity contribution < 1.29 is 9.18 Å². The molecule has 5 heteroatoms. The molecule has 24 heavy (non-hydrogen) atoms. The fourth-order valence-corrected chi connectivity index (χ4v) is 4.98. The van der Waals surface area contributed by atoms with E-state index in [1.165, 1.54) is 27.5 Å². The van der Waals surface area contributed by atoms with E-state index in [1.54, 1.807) is 34.8 Å². The summed E-state index contributed by atoms with van der Waals surface area (Å²) in [5.41, 5.74) is 2.10. The number of carbonyl (C=O) groups is 1. The van der Waals surface area contributed by atoms with E-state index in [9.17, 15) is 9.18 Å². The lowest BCUT2D eigenvalue weighted by atomic mass is 9.97. The van der Waals surface area contributed by atoms with Gasteiger partial charge in [0.05, 0.1) is 12.5 Å². The summed E-state index contributed by atoms with van der Waals surface area (Å²) in [5, 5.41) is 4.16. The first-order valence-electron chi connectivity index (χ1n) is 7.86. The predicted molar refractivity (Wildman–Crippen MR) is 96.0 cm³/mol. The lowest BCUT2D eigenvalue weighted by Gasteiger charge is -2.35. The van der Waals surface area contributed by atoms with Crippen LogP contribution < -0.4 is 0 Å². The molecule has 2 nitrogen and oxygen atoms in total. The van der Waals surface area contributed by atoms with Crippen molar-refractivity contribution >= 4 is 28.6 Å². The molecule has 0 saturated carbocycles. The SMILES string of the molecule is O=C(Cc1ccc(F)cc1)N1CCc2sccc2C1c1cccs1. The van der Waals surface area contributed by atoms with Gasteiger partial charge in [-0.25, -0.2) is 4.39 Å². The molecule has 122 valence electrons. The van der Waals surface area contributed by atoms with Crippen LogP contribution in [-0.2, 0) is 17.6 Å². The Morgan fingerprint density at radius 2 is 1.96 bits per heavy atom. The summed E-state index contributed by atoms with van der Waals surface area (Å²) in [6, 6.07) is 12.5. The average molecular weight is 357 g/mol. The van der Waals surface area contributed by atoms with E-state index in [0.717, 1.165) is 18.5 Å². The molecule has 0 spiro atoms. The van der Waals surface area contributed by atoms with Gasteiger partial charge >= 0.3 is 0 Å². The number of rotatable bonds is 3. The second-order valence-corrected chi connectivity index (χ2v) is 7.84. The van der Waals surface area contributed by atoms with E-state index >= 15 is 0 Å². The van der Waals surface area contributed by atoms with Crippen LogP contribution in [-0.4, -0.2) is 17.4 Å². The van der Waals surface area contributed by atoms with Crippen molar-refractivity contribution in [3.05, 3.63) is 79.9 Å². The molecule has 0 radical (unpaired) electrons. The van der Waals surface area contributed by atoms with Gasteiger partial charge in [-0.15, -0.1) is 22.7 Å². The molecular weight excluding hydrogens is 341 g/mol. The van der Waals surface area contributed by atoms with Gasteiger partial charge in [-0.3, -0.25) is 4.79 Å². The zero-order valence-corrected chi connectivity index (χ0v) is 14.6. The zero-order chi connectivity index (χ0) is 16.5. The summed E-state index contributed by atoms with van der Waals surface area (Å²) in [4.78, 5) is 17.5. The van der Waals surface area contributed by atoms with Gasteiger partial charge in [0.2, 0.25) is 5.91 Å². The van der Waals surface area contributed by atoms with Crippen molar-refractivity contribution in [2.24, 2.45) is 0 Å². The Morgan fingerprint density at radius 1 is 1.12 bits per heavy atom. The summed E-state index contributed by atoms with van der Waals surface area (Å²) < 4.78 is 13.1. The van der Waals surface area contributed by atoms with Crippen molar-refractivity contribution in [1.82, 2.24) is 4.90 Å². The summed E-state index contributed by atoms with van der Waals surface area (Å²) in [6.45, 7) is 0.732. The fourth-order valence-electron chi connectivity index (χ4n) is 3.22. The minimum atomic E-state index is -0.274. The van der Waals surface area contributed by atoms with Crippen LogP contribution in [0, 0.1) is 5.82 Å². The molecule has 0 fully saturated rings. The number of hydrogen-bond donors (Lipinski definition) is 0. The topological polar surface area (TPSA) is 20.3 Å². The van der Waals surface area contributed by atoms with Gasteiger partial charge in [0.1, 0.15) is 5.82 Å². The van der Waals surface area contributed by atoms with Crippen molar-refractivity contribution in [3.8, 4) is 0 Å². The van der Waals surface area contributed by atoms with Crippen LogP contribution >= 0.6 is 22.7 Å². The highest BCUT2D eigenvalue weighted by Crippen LogP contribution is 2.39. The Morgan fingerprint density at radius 3 is 2.71 bits per heavy atom. The van der Waals surface area contributed by atoms with Gasteiger partial charge in [-0.1, -0.05) is 18.2 Å². The number of halogens is 1. The molecule has 3 heterocycles. The summed E-state index contributed by atoms with van der Waals surface area (Å²) in [7, 11) is 0. The summed E-state index contributed by atoms with van der Waals surface area (Å²) in [6.07, 6.45) is 1.21. The number of carbonyl (C=O) groups excluding carboxylic acids is 1. The Kier molecular flexibility index (Phi) is 4.21. The van der Waals surface area contributed by atoms with Gasteiger partial charge in [-0.05, 0) is 52.6 Å². The smallest absolute Gasteiger partial charge is 0.227 e. The van der Waals surface area contributed by atoms with E-state index in [0.29, 0.717) is 6.42 Å². The van der Waals surface area contributed by atoms with E-state index in [2.05, 4.69) is 22.9 Å². The summed E-state index contributed by atoms with van der Waals surface area (Å²) in [5.74, 6) is -0.180. The molecule has 0 saturated heterocycles. The molecule has 2 aromatic heterocycles. The molecule has 1 aromatic carbocycles. The summed E-state index contributed by atoms with van der Waals surface area (Å²) >= 11 is 3.46. The average Bonchev–Trinajstić information content (AvgIpc) is 3.27. The van der Waals surface area contributed by atoms with Gasteiger partial charge in [0.15, 0.2) is 0 Å². The van der Waals surface area contributed by atoms with Crippen LogP contribution in [0.5, 0.6) is 0 Å². The fraction of sp³-hybridized carbons (Fsp3) is 0.211. The number of nitrogens with zero attached hydrogens (tertiary/aromatic N) is 1. The maximum absolute atomic E-state index is 13.1. The number of hydrogen-bond acceptors (Lipinski definition) is 3. The van der Waals surface area contributed by atoms with E-state index < -0.39 is 0 Å². The minimum absolute atomic E-state index is 0.00736. The van der Waals surface area contributed by atoms with Crippen LogP contribution in [0.2, 0.25) is 0 Å². The van der Waals surface area contributed by atoms with Crippen molar-refractivity contribution in [2.45, 2.75) is 18.9 Å². The third-order valence-corrected chi connectivity index (χ3v) is 6.29. The Bertz CT molecular complexity index is 839. The second-order valence-electron chi connectivity index (χ2n) is 5.86. The first kappa shape index (κ1) is 15.5. The highest BCUT2D eigenvalue weighted by Gasteiger charge is 2.33. The molecular formula is C19H16FNOS2. The van der Waals surface area contributed by atoms with Gasteiger partial charge in [0, 0.05) is 16.3 Å². The van der Waals surface area contributed by atoms with Gasteiger partial charge in [0.25, 0.3) is 0 Å². The number of fused-ring (bicyclic) bond motifs is 1. The Balaban J connectivity index is 1.63. The van der Waals surface area contributed by atoms with E-state index in [-0.39, 0.29) is 17.8 Å². The monoisotopic (exact) mass is 357 g/mol. The van der Waals surface area contributed by atoms with Crippen molar-refractivity contribution in [2.75, 3.05) is 6.54 Å². The van der Waals surface area contributed by atoms with Crippen LogP contribution in [0.15, 0.2) is 53.2 Å². The molecule has 4 rings (SSSR count). The number of amides is 1. The molecule has 0 N–H and O–H groups in total. The molecule has 3 aromatic rings. The predicted octanol–water partition coefficient (Wildman–Crippen LogP) is 4.67. The maximum atomic E-state index is 13.1. The number of thiophene rings is 2.